The highest BCUT2D eigenvalue weighted by Crippen LogP contribution is 2.70. The quantitative estimate of drug-likeness (QED) is 0.121. The van der Waals surface area contributed by atoms with E-state index in [0.717, 1.165) is 44.3 Å². The Bertz CT molecular complexity index is 1550. The first-order valence-corrected chi connectivity index (χ1v) is 22.8. The van der Waals surface area contributed by atoms with Crippen molar-refractivity contribution in [3.8, 4) is 0 Å². The van der Waals surface area contributed by atoms with Crippen molar-refractivity contribution in [1.29, 1.82) is 0 Å². The Morgan fingerprint density at radius 2 is 1.46 bits per heavy atom. The topological polar surface area (TPSA) is 267 Å². The monoisotopic (exact) mass is 872 g/mol. The van der Waals surface area contributed by atoms with Crippen LogP contribution in [-0.4, -0.2) is 175 Å². The summed E-state index contributed by atoms with van der Waals surface area (Å²) in [7, 11) is 0. The number of hydrogen-bond acceptors (Lipinski definition) is 17. The minimum absolute atomic E-state index is 0.00335. The molecule has 4 aliphatic carbocycles. The molecule has 0 aromatic heterocycles. The fourth-order valence-electron chi connectivity index (χ4n) is 13.4. The Morgan fingerprint density at radius 1 is 0.738 bits per heavy atom. The number of ether oxygens (including phenoxy) is 7. The molecule has 4 heterocycles. The number of hydrogen-bond donors (Lipinski definition) is 10. The van der Waals surface area contributed by atoms with E-state index in [-0.39, 0.29) is 54.0 Å². The summed E-state index contributed by atoms with van der Waals surface area (Å²) >= 11 is 0. The lowest BCUT2D eigenvalue weighted by Crippen LogP contribution is -2.64. The van der Waals surface area contributed by atoms with Crippen LogP contribution in [-0.2, 0) is 33.2 Å². The van der Waals surface area contributed by atoms with Crippen molar-refractivity contribution in [2.75, 3.05) is 19.8 Å². The molecule has 0 spiro atoms. The third kappa shape index (κ3) is 8.26. The molecular formula is C44H72O17. The van der Waals surface area contributed by atoms with E-state index < -0.39 is 98.7 Å². The average Bonchev–Trinajstić information content (AvgIpc) is 3.72. The lowest BCUT2D eigenvalue weighted by molar-refractivity contribution is -0.357. The van der Waals surface area contributed by atoms with Gasteiger partial charge in [0, 0.05) is 12.3 Å². The van der Waals surface area contributed by atoms with Gasteiger partial charge < -0.3 is 84.2 Å². The molecule has 0 bridgehead atoms. The van der Waals surface area contributed by atoms with Crippen LogP contribution in [0.5, 0.6) is 0 Å². The summed E-state index contributed by atoms with van der Waals surface area (Å²) in [6, 6.07) is 0. The zero-order valence-corrected chi connectivity index (χ0v) is 36.1. The maximum Gasteiger partial charge on any atom is 0.186 e. The molecule has 10 N–H and O–H groups in total. The summed E-state index contributed by atoms with van der Waals surface area (Å²) in [5, 5.41) is 105. The zero-order valence-electron chi connectivity index (χ0n) is 36.1. The first kappa shape index (κ1) is 46.4. The summed E-state index contributed by atoms with van der Waals surface area (Å²) in [5.74, 6) is 2.38. The molecule has 4 aliphatic heterocycles. The van der Waals surface area contributed by atoms with Crippen LogP contribution in [0.25, 0.3) is 0 Å². The lowest BCUT2D eigenvalue weighted by atomic mass is 9.44. The van der Waals surface area contributed by atoms with Gasteiger partial charge in [0.2, 0.25) is 0 Å². The van der Waals surface area contributed by atoms with Gasteiger partial charge in [0.1, 0.15) is 67.1 Å². The van der Waals surface area contributed by atoms with Crippen molar-refractivity contribution >= 4 is 0 Å². The Kier molecular flexibility index (Phi) is 13.7. The molecule has 0 aromatic rings. The predicted octanol–water partition coefficient (Wildman–Crippen LogP) is -0.192. The molecule has 0 amide bonds. The van der Waals surface area contributed by atoms with E-state index in [4.69, 9.17) is 33.2 Å². The van der Waals surface area contributed by atoms with Crippen LogP contribution in [0.4, 0.5) is 0 Å². The highest BCUT2D eigenvalue weighted by atomic mass is 16.7. The number of rotatable bonds is 11. The summed E-state index contributed by atoms with van der Waals surface area (Å²) in [6.07, 6.45) is -12.0. The molecule has 0 unspecified atom stereocenters. The zero-order chi connectivity index (χ0) is 43.9. The van der Waals surface area contributed by atoms with E-state index >= 15 is 0 Å². The first-order valence-electron chi connectivity index (χ1n) is 22.8. The first-order chi connectivity index (χ1) is 28.9. The van der Waals surface area contributed by atoms with Gasteiger partial charge in [0.15, 0.2) is 18.9 Å². The van der Waals surface area contributed by atoms with Crippen molar-refractivity contribution in [3.63, 3.8) is 0 Å². The molecule has 0 radical (unpaired) electrons. The van der Waals surface area contributed by atoms with Crippen molar-refractivity contribution in [2.45, 2.75) is 197 Å². The van der Waals surface area contributed by atoms with Crippen molar-refractivity contribution in [3.05, 3.63) is 11.3 Å². The molecule has 17 nitrogen and oxygen atoms in total. The summed E-state index contributed by atoms with van der Waals surface area (Å²) in [4.78, 5) is 0. The van der Waals surface area contributed by atoms with Gasteiger partial charge >= 0.3 is 0 Å². The van der Waals surface area contributed by atoms with Crippen LogP contribution < -0.4 is 0 Å². The largest absolute Gasteiger partial charge is 0.494 e. The molecule has 3 saturated heterocycles. The van der Waals surface area contributed by atoms with E-state index in [2.05, 4.69) is 20.8 Å². The van der Waals surface area contributed by atoms with Gasteiger partial charge in [0.05, 0.1) is 43.9 Å². The molecule has 17 heteroatoms. The van der Waals surface area contributed by atoms with E-state index in [1.165, 1.54) is 5.57 Å². The Labute approximate surface area is 357 Å². The minimum atomic E-state index is -1.61. The molecule has 8 rings (SSSR count). The molecule has 7 fully saturated rings. The molecule has 25 atom stereocenters. The van der Waals surface area contributed by atoms with Crippen molar-refractivity contribution in [1.82, 2.24) is 0 Å². The van der Waals surface area contributed by atoms with Gasteiger partial charge in [-0.05, 0) is 111 Å². The van der Waals surface area contributed by atoms with E-state index in [1.807, 2.05) is 6.92 Å². The SMILES string of the molecule is CC1=C(CC[C@H](C)CO[C@@H]2O[C@H](CO)[C@@H](O)[C@H](O)[C@H]2O)O[C@H]2C[C@H]3[C@@H]4C[C@H](O[C@@H]5O[C@H](C)[C@@H](O)[C@H](O[C@@H]6OC[C@@H](O)[C@H](O)[C@H]6O)[C@H]5O)[C@H]5C[C@@H](O)CC[C@]5(C)[C@H]4CC[C@]3(C)[C@@H]12. The fraction of sp³-hybridized carbons (Fsp3) is 0.955. The highest BCUT2D eigenvalue weighted by Gasteiger charge is 2.66. The van der Waals surface area contributed by atoms with Crippen LogP contribution in [0, 0.1) is 46.3 Å². The standard InChI is InChI=1S/C44H72O17/c1-18(16-55-40-37(53)35(51)34(50)30(15-45)60-40)6-7-27-19(2)31-29(58-27)14-24-22-13-28(25-12-21(46)8-10-43(25,4)23(22)9-11-44(24,31)5)59-42-38(54)39(32(48)20(3)57-42)61-41-36(52)33(49)26(47)17-56-41/h18,20-26,28-42,45-54H,6-17H2,1-5H3/t18-,20+,21-,22+,23-,24-,25+,26+,28-,29-,30+,31-,32+,33-,34+,35-,36+,37+,38+,39-,40+,41-,42-,43+,44-/m0/s1. The van der Waals surface area contributed by atoms with Gasteiger partial charge in [0.25, 0.3) is 0 Å². The van der Waals surface area contributed by atoms with Crippen molar-refractivity contribution in [2.24, 2.45) is 46.3 Å². The molecule has 350 valence electrons. The Hall–Kier alpha value is -1.10. The van der Waals surface area contributed by atoms with Crippen molar-refractivity contribution < 1.29 is 84.2 Å². The highest BCUT2D eigenvalue weighted by molar-refractivity contribution is 5.27. The maximum atomic E-state index is 11.7. The average molecular weight is 873 g/mol. The summed E-state index contributed by atoms with van der Waals surface area (Å²) in [5.41, 5.74) is 1.14. The van der Waals surface area contributed by atoms with E-state index in [1.54, 1.807) is 6.92 Å². The fourth-order valence-corrected chi connectivity index (χ4v) is 13.4. The second kappa shape index (κ2) is 17.9. The number of aliphatic hydroxyl groups excluding tert-OH is 10. The lowest BCUT2D eigenvalue weighted by Gasteiger charge is -2.63. The molecule has 61 heavy (non-hydrogen) atoms. The van der Waals surface area contributed by atoms with Crippen LogP contribution >= 0.6 is 0 Å². The van der Waals surface area contributed by atoms with E-state index in [0.29, 0.717) is 37.0 Å². The van der Waals surface area contributed by atoms with Crippen LogP contribution in [0.15, 0.2) is 11.3 Å². The minimum Gasteiger partial charge on any atom is -0.494 e. The molecule has 4 saturated carbocycles. The summed E-state index contributed by atoms with van der Waals surface area (Å²) < 4.78 is 42.6. The predicted molar refractivity (Wildman–Crippen MR) is 212 cm³/mol. The molecule has 0 aromatic carbocycles. The second-order valence-corrected chi connectivity index (χ2v) is 20.6. The Morgan fingerprint density at radius 3 is 2.20 bits per heavy atom. The Balaban J connectivity index is 0.945. The third-order valence-electron chi connectivity index (χ3n) is 16.9. The van der Waals surface area contributed by atoms with Crippen LogP contribution in [0.2, 0.25) is 0 Å². The van der Waals surface area contributed by atoms with Gasteiger partial charge in [-0.25, -0.2) is 0 Å². The summed E-state index contributed by atoms with van der Waals surface area (Å²) in [6.45, 7) is 10.1. The van der Waals surface area contributed by atoms with Gasteiger partial charge in [-0.3, -0.25) is 0 Å². The number of allylic oxidation sites excluding steroid dienone is 1. The number of fused-ring (bicyclic) bond motifs is 7. The molecular weight excluding hydrogens is 800 g/mol. The second-order valence-electron chi connectivity index (χ2n) is 20.6. The van der Waals surface area contributed by atoms with Gasteiger partial charge in [-0.1, -0.05) is 20.8 Å². The van der Waals surface area contributed by atoms with Crippen LogP contribution in [0.3, 0.4) is 0 Å². The van der Waals surface area contributed by atoms with Crippen LogP contribution in [0.1, 0.15) is 92.4 Å². The smallest absolute Gasteiger partial charge is 0.186 e. The normalized spacial score (nSPS) is 54.0. The maximum absolute atomic E-state index is 11.7. The van der Waals surface area contributed by atoms with Gasteiger partial charge in [-0.2, -0.15) is 0 Å². The third-order valence-corrected chi connectivity index (χ3v) is 16.9. The van der Waals surface area contributed by atoms with Gasteiger partial charge in [-0.15, -0.1) is 0 Å². The number of aliphatic hydroxyl groups is 10. The molecule has 8 aliphatic rings. The van der Waals surface area contributed by atoms with E-state index in [9.17, 15) is 51.1 Å².